The summed E-state index contributed by atoms with van der Waals surface area (Å²) in [5.41, 5.74) is 3.39. The minimum Gasteiger partial charge on any atom is -0.294 e. The third-order valence-electron chi connectivity index (χ3n) is 3.35. The second-order valence-corrected chi connectivity index (χ2v) is 4.78. The Bertz CT molecular complexity index is 769. The van der Waals surface area contributed by atoms with Crippen LogP contribution in [0.5, 0.6) is 0 Å². The smallest absolute Gasteiger partial charge is 0.172 e. The first-order chi connectivity index (χ1) is 9.69. The maximum atomic E-state index is 12.5. The van der Waals surface area contributed by atoms with Crippen LogP contribution in [0.1, 0.15) is 28.7 Å². The second-order valence-electron chi connectivity index (χ2n) is 4.78. The molecule has 0 aliphatic heterocycles. The number of pyridine rings is 1. The maximum absolute atomic E-state index is 12.5. The molecule has 0 aromatic carbocycles. The minimum atomic E-state index is 0.0702. The van der Waals surface area contributed by atoms with Gasteiger partial charge >= 0.3 is 0 Å². The number of rotatable bonds is 4. The van der Waals surface area contributed by atoms with Crippen molar-refractivity contribution in [3.8, 4) is 0 Å². The average Bonchev–Trinajstić information content (AvgIpc) is 3.02. The molecule has 0 N–H and O–H groups in total. The quantitative estimate of drug-likeness (QED) is 0.682. The number of aromatic nitrogens is 4. The van der Waals surface area contributed by atoms with Crippen LogP contribution < -0.4 is 0 Å². The molecule has 5 heteroatoms. The van der Waals surface area contributed by atoms with Crippen molar-refractivity contribution in [2.24, 2.45) is 0 Å². The molecule has 0 atom stereocenters. The van der Waals surface area contributed by atoms with Gasteiger partial charge in [-0.3, -0.25) is 9.48 Å². The molecule has 3 aromatic heterocycles. The van der Waals surface area contributed by atoms with Crippen LogP contribution in [0.15, 0.2) is 36.7 Å². The third-order valence-corrected chi connectivity index (χ3v) is 3.35. The van der Waals surface area contributed by atoms with Gasteiger partial charge in [0.05, 0.1) is 29.4 Å². The molecule has 0 fully saturated rings. The summed E-state index contributed by atoms with van der Waals surface area (Å²) in [5, 5.41) is 8.57. The summed E-state index contributed by atoms with van der Waals surface area (Å²) in [6.45, 7) is 4.73. The molecule has 102 valence electrons. The summed E-state index contributed by atoms with van der Waals surface area (Å²) < 4.78 is 3.59. The molecular formula is C15H16N4O. The fourth-order valence-electron chi connectivity index (χ4n) is 2.42. The Kier molecular flexibility index (Phi) is 3.10. The van der Waals surface area contributed by atoms with E-state index in [9.17, 15) is 4.79 Å². The van der Waals surface area contributed by atoms with E-state index in [2.05, 4.69) is 10.2 Å². The SMILES string of the molecule is CCn1nc(C)cc1CC(=O)c1cnn2ccccc12. The van der Waals surface area contributed by atoms with Crippen LogP contribution >= 0.6 is 0 Å². The Morgan fingerprint density at radius 2 is 2.20 bits per heavy atom. The fourth-order valence-corrected chi connectivity index (χ4v) is 2.42. The molecule has 0 radical (unpaired) electrons. The van der Waals surface area contributed by atoms with Crippen LogP contribution in [0.3, 0.4) is 0 Å². The lowest BCUT2D eigenvalue weighted by molar-refractivity contribution is 0.0992. The standard InChI is InChI=1S/C15H16N4O/c1-3-18-12(8-11(2)17-18)9-15(20)13-10-16-19-7-5-4-6-14(13)19/h4-8,10H,3,9H2,1-2H3. The molecule has 0 aliphatic rings. The predicted octanol–water partition coefficient (Wildman–Crippen LogP) is 2.28. The highest BCUT2D eigenvalue weighted by Gasteiger charge is 2.15. The van der Waals surface area contributed by atoms with Gasteiger partial charge in [-0.25, -0.2) is 4.52 Å². The Balaban J connectivity index is 1.93. The van der Waals surface area contributed by atoms with Crippen LogP contribution in [-0.2, 0) is 13.0 Å². The molecule has 20 heavy (non-hydrogen) atoms. The predicted molar refractivity (Wildman–Crippen MR) is 75.9 cm³/mol. The molecule has 0 unspecified atom stereocenters. The number of aryl methyl sites for hydroxylation is 2. The van der Waals surface area contributed by atoms with Gasteiger partial charge in [-0.05, 0) is 32.0 Å². The van der Waals surface area contributed by atoms with Crippen molar-refractivity contribution in [2.45, 2.75) is 26.8 Å². The molecule has 3 heterocycles. The monoisotopic (exact) mass is 268 g/mol. The van der Waals surface area contributed by atoms with Gasteiger partial charge in [0.2, 0.25) is 0 Å². The lowest BCUT2D eigenvalue weighted by atomic mass is 10.1. The summed E-state index contributed by atoms with van der Waals surface area (Å²) in [6.07, 6.45) is 3.83. The van der Waals surface area contributed by atoms with Gasteiger partial charge in [0, 0.05) is 18.4 Å². The van der Waals surface area contributed by atoms with Crippen LogP contribution in [-0.4, -0.2) is 25.2 Å². The summed E-state index contributed by atoms with van der Waals surface area (Å²) >= 11 is 0. The molecule has 0 saturated carbocycles. The van der Waals surface area contributed by atoms with Crippen molar-refractivity contribution in [3.63, 3.8) is 0 Å². The Labute approximate surface area is 116 Å². The lowest BCUT2D eigenvalue weighted by Crippen LogP contribution is -2.09. The number of hydrogen-bond acceptors (Lipinski definition) is 3. The molecular weight excluding hydrogens is 252 g/mol. The van der Waals surface area contributed by atoms with E-state index in [0.717, 1.165) is 23.4 Å². The number of ketones is 1. The molecule has 0 aliphatic carbocycles. The van der Waals surface area contributed by atoms with Crippen molar-refractivity contribution in [1.82, 2.24) is 19.4 Å². The summed E-state index contributed by atoms with van der Waals surface area (Å²) in [7, 11) is 0. The van der Waals surface area contributed by atoms with Gasteiger partial charge in [0.15, 0.2) is 5.78 Å². The van der Waals surface area contributed by atoms with Crippen molar-refractivity contribution in [1.29, 1.82) is 0 Å². The van der Waals surface area contributed by atoms with Crippen LogP contribution in [0.25, 0.3) is 5.52 Å². The number of carbonyl (C=O) groups excluding carboxylic acids is 1. The van der Waals surface area contributed by atoms with Crippen LogP contribution in [0.2, 0.25) is 0 Å². The van der Waals surface area contributed by atoms with Crippen molar-refractivity contribution in [2.75, 3.05) is 0 Å². The first kappa shape index (κ1) is 12.6. The maximum Gasteiger partial charge on any atom is 0.172 e. The van der Waals surface area contributed by atoms with E-state index in [4.69, 9.17) is 0 Å². The molecule has 0 amide bonds. The Morgan fingerprint density at radius 1 is 1.35 bits per heavy atom. The number of Topliss-reactive ketones (excluding diaryl/α,β-unsaturated/α-hetero) is 1. The molecule has 5 nitrogen and oxygen atoms in total. The van der Waals surface area contributed by atoms with Crippen molar-refractivity contribution in [3.05, 3.63) is 53.6 Å². The van der Waals surface area contributed by atoms with Crippen molar-refractivity contribution < 1.29 is 4.79 Å². The van der Waals surface area contributed by atoms with E-state index >= 15 is 0 Å². The summed E-state index contributed by atoms with van der Waals surface area (Å²) in [5.74, 6) is 0.0702. The van der Waals surface area contributed by atoms with E-state index in [1.807, 2.05) is 49.0 Å². The first-order valence-corrected chi connectivity index (χ1v) is 6.68. The first-order valence-electron chi connectivity index (χ1n) is 6.68. The molecule has 0 spiro atoms. The second kappa shape index (κ2) is 4.92. The molecule has 3 aromatic rings. The third kappa shape index (κ3) is 2.11. The highest BCUT2D eigenvalue weighted by atomic mass is 16.1. The number of nitrogens with zero attached hydrogens (tertiary/aromatic N) is 4. The van der Waals surface area contributed by atoms with E-state index in [1.165, 1.54) is 0 Å². The van der Waals surface area contributed by atoms with E-state index < -0.39 is 0 Å². The van der Waals surface area contributed by atoms with Gasteiger partial charge in [-0.15, -0.1) is 0 Å². The van der Waals surface area contributed by atoms with Gasteiger partial charge < -0.3 is 0 Å². The molecule has 3 rings (SSSR count). The van der Waals surface area contributed by atoms with Crippen LogP contribution in [0, 0.1) is 6.92 Å². The van der Waals surface area contributed by atoms with E-state index in [0.29, 0.717) is 12.0 Å². The molecule has 0 bridgehead atoms. The highest BCUT2D eigenvalue weighted by molar-refractivity contribution is 6.03. The zero-order valence-corrected chi connectivity index (χ0v) is 11.6. The van der Waals surface area contributed by atoms with Gasteiger partial charge in [-0.1, -0.05) is 6.07 Å². The van der Waals surface area contributed by atoms with E-state index in [-0.39, 0.29) is 5.78 Å². The van der Waals surface area contributed by atoms with Crippen molar-refractivity contribution >= 4 is 11.3 Å². The average molecular weight is 268 g/mol. The largest absolute Gasteiger partial charge is 0.294 e. The Hall–Kier alpha value is -2.43. The Morgan fingerprint density at radius 3 is 3.00 bits per heavy atom. The van der Waals surface area contributed by atoms with Gasteiger partial charge in [0.1, 0.15) is 0 Å². The zero-order chi connectivity index (χ0) is 14.1. The summed E-state index contributed by atoms with van der Waals surface area (Å²) in [6, 6.07) is 7.67. The lowest BCUT2D eigenvalue weighted by Gasteiger charge is -2.03. The minimum absolute atomic E-state index is 0.0702. The fraction of sp³-hybridized carbons (Fsp3) is 0.267. The molecule has 0 saturated heterocycles. The normalized spacial score (nSPS) is 11.1. The zero-order valence-electron chi connectivity index (χ0n) is 11.6. The van der Waals surface area contributed by atoms with Gasteiger partial charge in [0.25, 0.3) is 0 Å². The van der Waals surface area contributed by atoms with Gasteiger partial charge in [-0.2, -0.15) is 10.2 Å². The number of carbonyl (C=O) groups is 1. The number of hydrogen-bond donors (Lipinski definition) is 0. The number of fused-ring (bicyclic) bond motifs is 1. The highest BCUT2D eigenvalue weighted by Crippen LogP contribution is 2.14. The topological polar surface area (TPSA) is 52.2 Å². The van der Waals surface area contributed by atoms with E-state index in [1.54, 1.807) is 10.7 Å². The summed E-state index contributed by atoms with van der Waals surface area (Å²) in [4.78, 5) is 12.5. The van der Waals surface area contributed by atoms with Crippen LogP contribution in [0.4, 0.5) is 0 Å².